The van der Waals surface area contributed by atoms with E-state index >= 15 is 0 Å². The Morgan fingerprint density at radius 2 is 2.14 bits per heavy atom. The maximum Gasteiger partial charge on any atom is 0.271 e. The third-order valence-electron chi connectivity index (χ3n) is 6.36. The number of hydrogen-bond acceptors (Lipinski definition) is 6. The predicted octanol–water partition coefficient (Wildman–Crippen LogP) is 1.28. The number of H-pyrrole nitrogens is 1. The lowest BCUT2D eigenvalue weighted by Crippen LogP contribution is -2.46. The maximum atomic E-state index is 12.6. The number of anilines is 1. The molecule has 1 aliphatic heterocycles. The van der Waals surface area contributed by atoms with Gasteiger partial charge in [0.2, 0.25) is 0 Å². The van der Waals surface area contributed by atoms with Crippen molar-refractivity contribution < 1.29 is 4.79 Å². The van der Waals surface area contributed by atoms with E-state index in [-0.39, 0.29) is 16.9 Å². The lowest BCUT2D eigenvalue weighted by molar-refractivity contribution is 0.0957. The largest absolute Gasteiger partial charge is 0.354 e. The van der Waals surface area contributed by atoms with Crippen LogP contribution in [0.2, 0.25) is 0 Å². The van der Waals surface area contributed by atoms with E-state index in [0.717, 1.165) is 74.5 Å². The summed E-state index contributed by atoms with van der Waals surface area (Å²) in [5, 5.41) is 10.9. The second-order valence-corrected chi connectivity index (χ2v) is 8.21. The highest BCUT2D eigenvalue weighted by Crippen LogP contribution is 2.45. The molecule has 1 unspecified atom stereocenters. The number of nitrogens with zero attached hydrogens (tertiary/aromatic N) is 4. The minimum atomic E-state index is -0.241. The second kappa shape index (κ2) is 6.39. The Morgan fingerprint density at radius 1 is 1.29 bits per heavy atom. The van der Waals surface area contributed by atoms with E-state index in [4.69, 9.17) is 4.98 Å². The van der Waals surface area contributed by atoms with Gasteiger partial charge < -0.3 is 15.2 Å². The number of amides is 1. The molecule has 8 heteroatoms. The molecule has 0 aromatic carbocycles. The van der Waals surface area contributed by atoms with Crippen LogP contribution in [-0.4, -0.2) is 46.2 Å². The summed E-state index contributed by atoms with van der Waals surface area (Å²) in [7, 11) is 1.58. The van der Waals surface area contributed by atoms with Crippen LogP contribution >= 0.6 is 0 Å². The third-order valence-corrected chi connectivity index (χ3v) is 6.36. The molecular formula is C20H24N6O2. The number of piperidine rings is 1. The number of hydrogen-bond donors (Lipinski definition) is 2. The van der Waals surface area contributed by atoms with Crippen molar-refractivity contribution in [3.63, 3.8) is 0 Å². The fourth-order valence-corrected chi connectivity index (χ4v) is 4.69. The summed E-state index contributed by atoms with van der Waals surface area (Å²) in [5.41, 5.74) is 2.15. The zero-order valence-electron chi connectivity index (χ0n) is 16.0. The molecule has 2 fully saturated rings. The Balaban J connectivity index is 1.45. The van der Waals surface area contributed by atoms with Gasteiger partial charge in [-0.3, -0.25) is 9.59 Å². The smallest absolute Gasteiger partial charge is 0.271 e. The molecule has 5 rings (SSSR count). The lowest BCUT2D eigenvalue weighted by atomic mass is 9.77. The molecule has 146 valence electrons. The van der Waals surface area contributed by atoms with Gasteiger partial charge in [0.25, 0.3) is 11.5 Å². The summed E-state index contributed by atoms with van der Waals surface area (Å²) in [6, 6.07) is 3.56. The van der Waals surface area contributed by atoms with E-state index in [1.807, 2.05) is 6.07 Å². The fourth-order valence-electron chi connectivity index (χ4n) is 4.69. The van der Waals surface area contributed by atoms with Crippen LogP contribution < -0.4 is 15.8 Å². The van der Waals surface area contributed by atoms with Crippen LogP contribution in [0.15, 0.2) is 16.9 Å². The molecule has 1 amide bonds. The van der Waals surface area contributed by atoms with Gasteiger partial charge in [-0.2, -0.15) is 0 Å². The molecule has 3 heterocycles. The van der Waals surface area contributed by atoms with Gasteiger partial charge in [-0.1, -0.05) is 0 Å². The molecule has 1 saturated heterocycles. The topological polar surface area (TPSA) is 104 Å². The summed E-state index contributed by atoms with van der Waals surface area (Å²) in [4.78, 5) is 34.5. The van der Waals surface area contributed by atoms with E-state index < -0.39 is 0 Å². The average molecular weight is 380 g/mol. The van der Waals surface area contributed by atoms with Crippen LogP contribution in [0.4, 0.5) is 5.82 Å². The van der Waals surface area contributed by atoms with Crippen LogP contribution in [0.5, 0.6) is 0 Å². The first-order chi connectivity index (χ1) is 13.6. The Hall–Kier alpha value is -2.77. The summed E-state index contributed by atoms with van der Waals surface area (Å²) in [5.74, 6) is 1.83. The first kappa shape index (κ1) is 17.3. The molecule has 2 N–H and O–H groups in total. The standard InChI is InChI=1S/C20H24N6O2/c1-21-19(28)14-5-6-15(25-24-14)26-10-2-8-20(11-26)9-7-13-16(20)22-17(12-3-4-12)23-18(13)27/h5-6,12H,2-4,7-11H2,1H3,(H,21,28)(H,22,23,27). The predicted molar refractivity (Wildman–Crippen MR) is 104 cm³/mol. The van der Waals surface area contributed by atoms with E-state index in [9.17, 15) is 9.59 Å². The van der Waals surface area contributed by atoms with Crippen molar-refractivity contribution in [2.75, 3.05) is 25.0 Å². The zero-order valence-corrected chi connectivity index (χ0v) is 16.0. The van der Waals surface area contributed by atoms with Crippen molar-refractivity contribution in [1.82, 2.24) is 25.5 Å². The molecule has 2 aliphatic carbocycles. The van der Waals surface area contributed by atoms with E-state index in [0.29, 0.717) is 11.6 Å². The van der Waals surface area contributed by atoms with Crippen molar-refractivity contribution >= 4 is 11.7 Å². The van der Waals surface area contributed by atoms with Crippen LogP contribution in [0.3, 0.4) is 0 Å². The van der Waals surface area contributed by atoms with Gasteiger partial charge in [0, 0.05) is 37.0 Å². The first-order valence-corrected chi connectivity index (χ1v) is 10.0. The van der Waals surface area contributed by atoms with Gasteiger partial charge in [0.1, 0.15) is 5.82 Å². The van der Waals surface area contributed by atoms with Gasteiger partial charge in [-0.05, 0) is 50.7 Å². The van der Waals surface area contributed by atoms with Crippen LogP contribution in [0, 0.1) is 0 Å². The van der Waals surface area contributed by atoms with Gasteiger partial charge in [-0.25, -0.2) is 4.98 Å². The number of carbonyl (C=O) groups excluding carboxylic acids is 1. The van der Waals surface area contributed by atoms with E-state index in [1.54, 1.807) is 13.1 Å². The SMILES string of the molecule is CNC(=O)c1ccc(N2CCCC3(CCc4c3nc(C3CC3)[nH]c4=O)C2)nn1. The second-order valence-electron chi connectivity index (χ2n) is 8.21. The van der Waals surface area contributed by atoms with Crippen LogP contribution in [0.1, 0.15) is 65.6 Å². The molecule has 8 nitrogen and oxygen atoms in total. The summed E-state index contributed by atoms with van der Waals surface area (Å²) < 4.78 is 0. The molecule has 28 heavy (non-hydrogen) atoms. The molecule has 2 aromatic heterocycles. The normalized spacial score (nSPS) is 23.7. The fraction of sp³-hybridized carbons (Fsp3) is 0.550. The first-order valence-electron chi connectivity index (χ1n) is 10.0. The molecule has 0 bridgehead atoms. The van der Waals surface area contributed by atoms with Gasteiger partial charge in [-0.15, -0.1) is 10.2 Å². The number of nitrogens with one attached hydrogen (secondary N) is 2. The molecule has 1 atom stereocenters. The summed E-state index contributed by atoms with van der Waals surface area (Å²) >= 11 is 0. The van der Waals surface area contributed by atoms with Gasteiger partial charge in [0.05, 0.1) is 5.69 Å². The van der Waals surface area contributed by atoms with Crippen molar-refractivity contribution in [1.29, 1.82) is 0 Å². The third kappa shape index (κ3) is 2.78. The Bertz CT molecular complexity index is 981. The van der Waals surface area contributed by atoms with Crippen LogP contribution in [0.25, 0.3) is 0 Å². The highest BCUT2D eigenvalue weighted by Gasteiger charge is 2.45. The van der Waals surface area contributed by atoms with Crippen molar-refractivity contribution in [3.8, 4) is 0 Å². The van der Waals surface area contributed by atoms with Gasteiger partial charge >= 0.3 is 0 Å². The Morgan fingerprint density at radius 3 is 2.86 bits per heavy atom. The lowest BCUT2D eigenvalue weighted by Gasteiger charge is -2.41. The summed E-state index contributed by atoms with van der Waals surface area (Å²) in [6.07, 6.45) is 6.04. The Kier molecular flexibility index (Phi) is 3.96. The highest BCUT2D eigenvalue weighted by atomic mass is 16.1. The number of fused-ring (bicyclic) bond motifs is 2. The van der Waals surface area contributed by atoms with Crippen molar-refractivity contribution in [2.45, 2.75) is 49.9 Å². The average Bonchev–Trinajstić information content (AvgIpc) is 3.52. The summed E-state index contributed by atoms with van der Waals surface area (Å²) in [6.45, 7) is 1.68. The van der Waals surface area contributed by atoms with Crippen molar-refractivity contribution in [2.24, 2.45) is 0 Å². The van der Waals surface area contributed by atoms with E-state index in [2.05, 4.69) is 25.4 Å². The van der Waals surface area contributed by atoms with Gasteiger partial charge in [0.15, 0.2) is 11.5 Å². The molecule has 1 spiro atoms. The number of carbonyl (C=O) groups is 1. The van der Waals surface area contributed by atoms with Crippen molar-refractivity contribution in [3.05, 3.63) is 45.3 Å². The number of aromatic amines is 1. The number of aromatic nitrogens is 4. The highest BCUT2D eigenvalue weighted by molar-refractivity contribution is 5.91. The molecule has 1 saturated carbocycles. The molecule has 0 radical (unpaired) electrons. The number of rotatable bonds is 3. The minimum absolute atomic E-state index is 0.0515. The minimum Gasteiger partial charge on any atom is -0.354 e. The Labute approximate surface area is 162 Å². The molecule has 3 aliphatic rings. The monoisotopic (exact) mass is 380 g/mol. The maximum absolute atomic E-state index is 12.6. The van der Waals surface area contributed by atoms with Crippen LogP contribution in [-0.2, 0) is 11.8 Å². The van der Waals surface area contributed by atoms with E-state index in [1.165, 1.54) is 0 Å². The molecule has 2 aromatic rings. The molecular weight excluding hydrogens is 356 g/mol. The zero-order chi connectivity index (χ0) is 19.3. The quantitative estimate of drug-likeness (QED) is 0.831.